The summed E-state index contributed by atoms with van der Waals surface area (Å²) in [5.41, 5.74) is 2.97. The van der Waals surface area contributed by atoms with Crippen molar-refractivity contribution in [2.75, 3.05) is 0 Å². The van der Waals surface area contributed by atoms with E-state index in [0.717, 1.165) is 21.7 Å². The fraction of sp³-hybridized carbons (Fsp3) is 0.286. The van der Waals surface area contributed by atoms with Gasteiger partial charge < -0.3 is 5.32 Å². The van der Waals surface area contributed by atoms with E-state index in [9.17, 15) is 4.79 Å². The van der Waals surface area contributed by atoms with Crippen LogP contribution in [0.1, 0.15) is 16.8 Å². The summed E-state index contributed by atoms with van der Waals surface area (Å²) in [6.45, 7) is 2.45. The molecule has 2 rings (SSSR count). The number of aromatic nitrogens is 2. The van der Waals surface area contributed by atoms with Crippen LogP contribution in [0.2, 0.25) is 0 Å². The van der Waals surface area contributed by atoms with Crippen molar-refractivity contribution < 1.29 is 4.79 Å². The van der Waals surface area contributed by atoms with Gasteiger partial charge in [-0.25, -0.2) is 0 Å². The molecule has 0 aliphatic carbocycles. The van der Waals surface area contributed by atoms with Crippen molar-refractivity contribution in [2.24, 2.45) is 7.05 Å². The van der Waals surface area contributed by atoms with Crippen LogP contribution in [0, 0.1) is 6.92 Å². The standard InChI is InChI=1S/C14H17N3OS/c1-10-12(9-17(2)16-10)8-15-14(18)7-11-3-5-13(19)6-4-11/h3-6,9,19H,7-8H2,1-2H3,(H,15,18). The van der Waals surface area contributed by atoms with Gasteiger partial charge in [0.05, 0.1) is 12.1 Å². The quantitative estimate of drug-likeness (QED) is 0.837. The number of nitrogens with one attached hydrogen (secondary N) is 1. The highest BCUT2D eigenvalue weighted by Gasteiger charge is 2.06. The molecule has 0 aliphatic rings. The van der Waals surface area contributed by atoms with Crippen LogP contribution in [0.15, 0.2) is 35.4 Å². The highest BCUT2D eigenvalue weighted by Crippen LogP contribution is 2.08. The first-order valence-electron chi connectivity index (χ1n) is 6.08. The summed E-state index contributed by atoms with van der Waals surface area (Å²) in [7, 11) is 1.87. The minimum atomic E-state index is 0.00941. The summed E-state index contributed by atoms with van der Waals surface area (Å²) in [5, 5.41) is 7.14. The molecular formula is C14H17N3OS. The summed E-state index contributed by atoms with van der Waals surface area (Å²) in [6.07, 6.45) is 2.30. The zero-order chi connectivity index (χ0) is 13.8. The van der Waals surface area contributed by atoms with Gasteiger partial charge in [-0.3, -0.25) is 9.48 Å². The van der Waals surface area contributed by atoms with Crippen LogP contribution in [0.4, 0.5) is 0 Å². The number of rotatable bonds is 4. The Bertz CT molecular complexity index is 575. The molecular weight excluding hydrogens is 258 g/mol. The average Bonchev–Trinajstić information content (AvgIpc) is 2.68. The van der Waals surface area contributed by atoms with Crippen LogP contribution in [0.25, 0.3) is 0 Å². The Morgan fingerprint density at radius 2 is 2.05 bits per heavy atom. The normalized spacial score (nSPS) is 10.5. The molecule has 0 saturated carbocycles. The lowest BCUT2D eigenvalue weighted by Crippen LogP contribution is -2.24. The maximum atomic E-state index is 11.8. The lowest BCUT2D eigenvalue weighted by molar-refractivity contribution is -0.120. The second-order valence-corrected chi connectivity index (χ2v) is 5.05. The van der Waals surface area contributed by atoms with Crippen molar-refractivity contribution >= 4 is 18.5 Å². The number of nitrogens with zero attached hydrogens (tertiary/aromatic N) is 2. The summed E-state index contributed by atoms with van der Waals surface area (Å²) >= 11 is 4.22. The van der Waals surface area contributed by atoms with Gasteiger partial charge in [0.1, 0.15) is 0 Å². The molecule has 0 fully saturated rings. The van der Waals surface area contributed by atoms with Gasteiger partial charge in [-0.2, -0.15) is 5.10 Å². The molecule has 100 valence electrons. The van der Waals surface area contributed by atoms with E-state index in [2.05, 4.69) is 23.0 Å². The van der Waals surface area contributed by atoms with E-state index in [1.165, 1.54) is 0 Å². The fourth-order valence-corrected chi connectivity index (χ4v) is 2.03. The van der Waals surface area contributed by atoms with Gasteiger partial charge in [-0.1, -0.05) is 12.1 Å². The van der Waals surface area contributed by atoms with Crippen molar-refractivity contribution in [3.63, 3.8) is 0 Å². The molecule has 0 radical (unpaired) electrons. The highest BCUT2D eigenvalue weighted by atomic mass is 32.1. The van der Waals surface area contributed by atoms with E-state index in [4.69, 9.17) is 0 Å². The first-order valence-corrected chi connectivity index (χ1v) is 6.53. The number of amides is 1. The highest BCUT2D eigenvalue weighted by molar-refractivity contribution is 7.80. The summed E-state index contributed by atoms with van der Waals surface area (Å²) < 4.78 is 1.75. The van der Waals surface area contributed by atoms with Crippen molar-refractivity contribution in [3.8, 4) is 0 Å². The topological polar surface area (TPSA) is 46.9 Å². The molecule has 1 aromatic carbocycles. The molecule has 0 atom stereocenters. The van der Waals surface area contributed by atoms with Gasteiger partial charge in [-0.05, 0) is 24.6 Å². The Kier molecular flexibility index (Phi) is 4.27. The van der Waals surface area contributed by atoms with Crippen LogP contribution in [-0.4, -0.2) is 15.7 Å². The Balaban J connectivity index is 1.88. The molecule has 1 aromatic heterocycles. The molecule has 1 amide bonds. The zero-order valence-corrected chi connectivity index (χ0v) is 11.9. The molecule has 4 nitrogen and oxygen atoms in total. The van der Waals surface area contributed by atoms with E-state index in [-0.39, 0.29) is 5.91 Å². The van der Waals surface area contributed by atoms with Crippen LogP contribution >= 0.6 is 12.6 Å². The summed E-state index contributed by atoms with van der Waals surface area (Å²) in [6, 6.07) is 7.60. The second-order valence-electron chi connectivity index (χ2n) is 4.53. The predicted molar refractivity (Wildman–Crippen MR) is 77.2 cm³/mol. The van der Waals surface area contributed by atoms with Gasteiger partial charge in [-0.15, -0.1) is 12.6 Å². The average molecular weight is 275 g/mol. The number of aryl methyl sites for hydroxylation is 2. The van der Waals surface area contributed by atoms with Crippen LogP contribution in [0.3, 0.4) is 0 Å². The number of hydrogen-bond acceptors (Lipinski definition) is 3. The number of carbonyl (C=O) groups is 1. The number of carbonyl (C=O) groups excluding carboxylic acids is 1. The van der Waals surface area contributed by atoms with Gasteiger partial charge in [0.25, 0.3) is 0 Å². The lowest BCUT2D eigenvalue weighted by Gasteiger charge is -2.04. The van der Waals surface area contributed by atoms with Crippen LogP contribution in [0.5, 0.6) is 0 Å². The van der Waals surface area contributed by atoms with Gasteiger partial charge in [0.2, 0.25) is 5.91 Å². The van der Waals surface area contributed by atoms with Crippen LogP contribution in [-0.2, 0) is 24.8 Å². The monoisotopic (exact) mass is 275 g/mol. The van der Waals surface area contributed by atoms with Crippen molar-refractivity contribution in [3.05, 3.63) is 47.3 Å². The smallest absolute Gasteiger partial charge is 0.224 e. The third-order valence-corrected chi connectivity index (χ3v) is 3.19. The zero-order valence-electron chi connectivity index (χ0n) is 11.1. The molecule has 0 unspecified atom stereocenters. The van der Waals surface area contributed by atoms with Crippen molar-refractivity contribution in [2.45, 2.75) is 24.8 Å². The summed E-state index contributed by atoms with van der Waals surface area (Å²) in [4.78, 5) is 12.7. The maximum absolute atomic E-state index is 11.8. The molecule has 5 heteroatoms. The van der Waals surface area contributed by atoms with E-state index >= 15 is 0 Å². The van der Waals surface area contributed by atoms with E-state index in [0.29, 0.717) is 13.0 Å². The minimum Gasteiger partial charge on any atom is -0.352 e. The molecule has 0 spiro atoms. The molecule has 0 aliphatic heterocycles. The Hall–Kier alpha value is -1.75. The number of hydrogen-bond donors (Lipinski definition) is 2. The fourth-order valence-electron chi connectivity index (χ4n) is 1.88. The van der Waals surface area contributed by atoms with Crippen LogP contribution < -0.4 is 5.32 Å². The Labute approximate surface area is 118 Å². The molecule has 2 aromatic rings. The van der Waals surface area contributed by atoms with E-state index in [1.807, 2.05) is 44.4 Å². The Morgan fingerprint density at radius 3 is 2.63 bits per heavy atom. The van der Waals surface area contributed by atoms with Gasteiger partial charge in [0.15, 0.2) is 0 Å². The number of thiol groups is 1. The third kappa shape index (κ3) is 3.86. The predicted octanol–water partition coefficient (Wildman–Crippen LogP) is 1.88. The molecule has 1 heterocycles. The second kappa shape index (κ2) is 5.93. The molecule has 0 bridgehead atoms. The van der Waals surface area contributed by atoms with E-state index < -0.39 is 0 Å². The lowest BCUT2D eigenvalue weighted by atomic mass is 10.1. The largest absolute Gasteiger partial charge is 0.352 e. The number of benzene rings is 1. The molecule has 19 heavy (non-hydrogen) atoms. The maximum Gasteiger partial charge on any atom is 0.224 e. The van der Waals surface area contributed by atoms with Crippen molar-refractivity contribution in [1.29, 1.82) is 0 Å². The summed E-state index contributed by atoms with van der Waals surface area (Å²) in [5.74, 6) is 0.00941. The molecule has 1 N–H and O–H groups in total. The van der Waals surface area contributed by atoms with Gasteiger partial charge >= 0.3 is 0 Å². The molecule has 0 saturated heterocycles. The first kappa shape index (κ1) is 13.7. The van der Waals surface area contributed by atoms with E-state index in [1.54, 1.807) is 4.68 Å². The Morgan fingerprint density at radius 1 is 1.37 bits per heavy atom. The first-order chi connectivity index (χ1) is 9.04. The van der Waals surface area contributed by atoms with Crippen molar-refractivity contribution in [1.82, 2.24) is 15.1 Å². The minimum absolute atomic E-state index is 0.00941. The van der Waals surface area contributed by atoms with Gasteiger partial charge in [0, 0.05) is 30.2 Å². The SMILES string of the molecule is Cc1nn(C)cc1CNC(=O)Cc1ccc(S)cc1. The third-order valence-electron chi connectivity index (χ3n) is 2.89.